The summed E-state index contributed by atoms with van der Waals surface area (Å²) in [6.45, 7) is 8.11. The molecule has 0 fully saturated rings. The number of rotatable bonds is 7. The monoisotopic (exact) mass is 355 g/mol. The predicted molar refractivity (Wildman–Crippen MR) is 100 cm³/mol. The lowest BCUT2D eigenvalue weighted by atomic mass is 10.0. The van der Waals surface area contributed by atoms with E-state index in [0.717, 1.165) is 5.56 Å². The minimum atomic E-state index is -0.540. The minimum absolute atomic E-state index is 0.161. The van der Waals surface area contributed by atoms with Crippen LogP contribution in [0.3, 0.4) is 0 Å². The smallest absolute Gasteiger partial charge is 0.338 e. The first-order valence-corrected chi connectivity index (χ1v) is 8.67. The number of amides is 1. The summed E-state index contributed by atoms with van der Waals surface area (Å²) in [5, 5.41) is 2.84. The number of ether oxygens (including phenoxy) is 2. The Morgan fingerprint density at radius 1 is 1.04 bits per heavy atom. The van der Waals surface area contributed by atoms with Gasteiger partial charge in [-0.1, -0.05) is 18.2 Å². The molecule has 2 aromatic carbocycles. The molecule has 0 unspecified atom stereocenters. The van der Waals surface area contributed by atoms with Gasteiger partial charge in [0.2, 0.25) is 0 Å². The molecule has 0 bridgehead atoms. The fourth-order valence-corrected chi connectivity index (χ4v) is 2.47. The van der Waals surface area contributed by atoms with Gasteiger partial charge in [0.15, 0.2) is 6.61 Å². The van der Waals surface area contributed by atoms with E-state index in [1.807, 2.05) is 45.9 Å². The highest BCUT2D eigenvalue weighted by Gasteiger charge is 2.13. The Labute approximate surface area is 154 Å². The third-order valence-corrected chi connectivity index (χ3v) is 4.14. The average Bonchev–Trinajstić information content (AvgIpc) is 2.62. The molecule has 0 spiro atoms. The quantitative estimate of drug-likeness (QED) is 0.769. The normalized spacial score (nSPS) is 11.5. The first-order chi connectivity index (χ1) is 12.4. The molecule has 1 atom stereocenters. The molecule has 26 heavy (non-hydrogen) atoms. The molecule has 1 N–H and O–H groups in total. The van der Waals surface area contributed by atoms with Crippen LogP contribution in [0.2, 0.25) is 0 Å². The fourth-order valence-electron chi connectivity index (χ4n) is 2.47. The van der Waals surface area contributed by atoms with Crippen LogP contribution in [0.25, 0.3) is 0 Å². The summed E-state index contributed by atoms with van der Waals surface area (Å²) >= 11 is 0. The Morgan fingerprint density at radius 3 is 2.35 bits per heavy atom. The molecule has 2 rings (SSSR count). The van der Waals surface area contributed by atoms with Crippen molar-refractivity contribution in [2.24, 2.45) is 0 Å². The highest BCUT2D eigenvalue weighted by atomic mass is 16.5. The van der Waals surface area contributed by atoms with E-state index in [1.54, 1.807) is 24.3 Å². The molecule has 2 aromatic rings. The number of hydrogen-bond donors (Lipinski definition) is 1. The number of carbonyl (C=O) groups is 2. The van der Waals surface area contributed by atoms with Gasteiger partial charge >= 0.3 is 5.97 Å². The van der Waals surface area contributed by atoms with E-state index >= 15 is 0 Å². The van der Waals surface area contributed by atoms with Crippen LogP contribution in [-0.2, 0) is 9.53 Å². The minimum Gasteiger partial charge on any atom is -0.494 e. The zero-order valence-corrected chi connectivity index (χ0v) is 15.7. The van der Waals surface area contributed by atoms with Gasteiger partial charge in [-0.15, -0.1) is 0 Å². The van der Waals surface area contributed by atoms with Crippen LogP contribution in [0.1, 0.15) is 46.9 Å². The number of aryl methyl sites for hydroxylation is 2. The van der Waals surface area contributed by atoms with Gasteiger partial charge in [0.25, 0.3) is 5.91 Å². The van der Waals surface area contributed by atoms with Crippen molar-refractivity contribution in [3.8, 4) is 5.75 Å². The van der Waals surface area contributed by atoms with Gasteiger partial charge in [-0.25, -0.2) is 4.79 Å². The van der Waals surface area contributed by atoms with Crippen molar-refractivity contribution in [3.63, 3.8) is 0 Å². The second kappa shape index (κ2) is 9.04. The van der Waals surface area contributed by atoms with E-state index in [4.69, 9.17) is 9.47 Å². The van der Waals surface area contributed by atoms with E-state index < -0.39 is 5.97 Å². The average molecular weight is 355 g/mol. The van der Waals surface area contributed by atoms with Crippen molar-refractivity contribution >= 4 is 11.9 Å². The van der Waals surface area contributed by atoms with Crippen LogP contribution < -0.4 is 10.1 Å². The highest BCUT2D eigenvalue weighted by molar-refractivity contribution is 5.91. The summed E-state index contributed by atoms with van der Waals surface area (Å²) in [4.78, 5) is 24.1. The molecule has 0 heterocycles. The number of hydrogen-bond acceptors (Lipinski definition) is 4. The molecule has 0 aliphatic carbocycles. The standard InChI is InChI=1S/C21H25NO4/c1-5-25-19-10-8-17(9-11-19)21(24)26-13-20(23)22-16(4)18-7-6-14(2)15(3)12-18/h6-12,16H,5,13H2,1-4H3,(H,22,23)/t16-/m1/s1. The molecular weight excluding hydrogens is 330 g/mol. The second-order valence-corrected chi connectivity index (χ2v) is 6.17. The van der Waals surface area contributed by atoms with Crippen molar-refractivity contribution in [3.05, 3.63) is 64.7 Å². The molecule has 0 aromatic heterocycles. The molecule has 1 amide bonds. The SMILES string of the molecule is CCOc1ccc(C(=O)OCC(=O)N[C@H](C)c2ccc(C)c(C)c2)cc1. The molecule has 0 aliphatic heterocycles. The molecule has 0 saturated carbocycles. The first-order valence-electron chi connectivity index (χ1n) is 8.67. The lowest BCUT2D eigenvalue weighted by Crippen LogP contribution is -2.31. The van der Waals surface area contributed by atoms with Gasteiger partial charge in [-0.05, 0) is 68.7 Å². The van der Waals surface area contributed by atoms with Crippen LogP contribution in [-0.4, -0.2) is 25.1 Å². The largest absolute Gasteiger partial charge is 0.494 e. The summed E-state index contributed by atoms with van der Waals surface area (Å²) in [7, 11) is 0. The number of esters is 1. The molecule has 5 nitrogen and oxygen atoms in total. The van der Waals surface area contributed by atoms with Gasteiger partial charge in [-0.2, -0.15) is 0 Å². The summed E-state index contributed by atoms with van der Waals surface area (Å²) < 4.78 is 10.4. The third kappa shape index (κ3) is 5.34. The molecule has 0 radical (unpaired) electrons. The van der Waals surface area contributed by atoms with Gasteiger partial charge in [0, 0.05) is 0 Å². The Kier molecular flexibility index (Phi) is 6.78. The first kappa shape index (κ1) is 19.5. The molecule has 138 valence electrons. The predicted octanol–water partition coefficient (Wildman–Crippen LogP) is 3.74. The van der Waals surface area contributed by atoms with Crippen molar-refractivity contribution in [1.29, 1.82) is 0 Å². The number of nitrogens with one attached hydrogen (secondary N) is 1. The Hall–Kier alpha value is -2.82. The van der Waals surface area contributed by atoms with E-state index in [-0.39, 0.29) is 18.6 Å². The summed E-state index contributed by atoms with van der Waals surface area (Å²) in [6.07, 6.45) is 0. The summed E-state index contributed by atoms with van der Waals surface area (Å²) in [5.41, 5.74) is 3.77. The topological polar surface area (TPSA) is 64.6 Å². The van der Waals surface area contributed by atoms with Crippen LogP contribution in [0, 0.1) is 13.8 Å². The molecule has 0 aliphatic rings. The zero-order valence-electron chi connectivity index (χ0n) is 15.7. The Bertz CT molecular complexity index is 768. The second-order valence-electron chi connectivity index (χ2n) is 6.17. The van der Waals surface area contributed by atoms with E-state index in [0.29, 0.717) is 17.9 Å². The Morgan fingerprint density at radius 2 is 1.73 bits per heavy atom. The van der Waals surface area contributed by atoms with Gasteiger partial charge in [0.05, 0.1) is 18.2 Å². The summed E-state index contributed by atoms with van der Waals surface area (Å²) in [5.74, 6) is -0.193. The maximum Gasteiger partial charge on any atom is 0.338 e. The maximum atomic E-state index is 12.0. The number of benzene rings is 2. The summed E-state index contributed by atoms with van der Waals surface area (Å²) in [6, 6.07) is 12.5. The van der Waals surface area contributed by atoms with Gasteiger partial charge < -0.3 is 14.8 Å². The third-order valence-electron chi connectivity index (χ3n) is 4.14. The van der Waals surface area contributed by atoms with Crippen molar-refractivity contribution in [2.45, 2.75) is 33.7 Å². The van der Waals surface area contributed by atoms with Crippen molar-refractivity contribution in [2.75, 3.05) is 13.2 Å². The van der Waals surface area contributed by atoms with Crippen molar-refractivity contribution in [1.82, 2.24) is 5.32 Å². The van der Waals surface area contributed by atoms with Gasteiger partial charge in [-0.3, -0.25) is 4.79 Å². The van der Waals surface area contributed by atoms with Gasteiger partial charge in [0.1, 0.15) is 5.75 Å². The van der Waals surface area contributed by atoms with E-state index in [9.17, 15) is 9.59 Å². The van der Waals surface area contributed by atoms with Crippen LogP contribution in [0.4, 0.5) is 0 Å². The van der Waals surface area contributed by atoms with Crippen molar-refractivity contribution < 1.29 is 19.1 Å². The molecule has 5 heteroatoms. The number of carbonyl (C=O) groups excluding carboxylic acids is 2. The highest BCUT2D eigenvalue weighted by Crippen LogP contribution is 2.17. The Balaban J connectivity index is 1.85. The van der Waals surface area contributed by atoms with E-state index in [2.05, 4.69) is 5.32 Å². The fraction of sp³-hybridized carbons (Fsp3) is 0.333. The molecule has 0 saturated heterocycles. The van der Waals surface area contributed by atoms with E-state index in [1.165, 1.54) is 11.1 Å². The molecular formula is C21H25NO4. The zero-order chi connectivity index (χ0) is 19.1. The lowest BCUT2D eigenvalue weighted by molar-refractivity contribution is -0.124. The van der Waals surface area contributed by atoms with Crippen LogP contribution in [0.15, 0.2) is 42.5 Å². The van der Waals surface area contributed by atoms with Crippen LogP contribution in [0.5, 0.6) is 5.75 Å². The maximum absolute atomic E-state index is 12.0. The lowest BCUT2D eigenvalue weighted by Gasteiger charge is -2.16. The van der Waals surface area contributed by atoms with Crippen LogP contribution >= 0.6 is 0 Å².